The van der Waals surface area contributed by atoms with Gasteiger partial charge >= 0.3 is 0 Å². The highest BCUT2D eigenvalue weighted by atomic mass is 15.0. The summed E-state index contributed by atoms with van der Waals surface area (Å²) in [7, 11) is 0. The van der Waals surface area contributed by atoms with E-state index in [-0.39, 0.29) is 0 Å². The van der Waals surface area contributed by atoms with Crippen molar-refractivity contribution in [2.24, 2.45) is 0 Å². The molecule has 1 aromatic heterocycles. The lowest BCUT2D eigenvalue weighted by Crippen LogP contribution is -2.14. The van der Waals surface area contributed by atoms with Gasteiger partial charge in [0.1, 0.15) is 0 Å². The first-order valence-electron chi connectivity index (χ1n) is 9.05. The smallest absolute Gasteiger partial charge is 0.0491 e. The van der Waals surface area contributed by atoms with E-state index in [9.17, 15) is 0 Å². The second-order valence-corrected chi connectivity index (χ2v) is 6.35. The number of aryl methyl sites for hydroxylation is 1. The molecular weight excluding hydrogens is 280 g/mol. The summed E-state index contributed by atoms with van der Waals surface area (Å²) in [5.41, 5.74) is 4.07. The Balaban J connectivity index is 1.78. The molecule has 0 atom stereocenters. The molecule has 0 saturated heterocycles. The highest BCUT2D eigenvalue weighted by Crippen LogP contribution is 2.29. The van der Waals surface area contributed by atoms with E-state index in [4.69, 9.17) is 0 Å². The lowest BCUT2D eigenvalue weighted by Gasteiger charge is -2.06. The summed E-state index contributed by atoms with van der Waals surface area (Å²) >= 11 is 0. The van der Waals surface area contributed by atoms with Gasteiger partial charge in [0.05, 0.1) is 0 Å². The average molecular weight is 308 g/mol. The topological polar surface area (TPSA) is 17.0 Å². The minimum atomic E-state index is 0.966. The lowest BCUT2D eigenvalue weighted by atomic mass is 10.1. The molecule has 3 rings (SSSR count). The number of unbranched alkanes of at least 4 members (excludes halogenated alkanes) is 3. The predicted octanol–water partition coefficient (Wildman–Crippen LogP) is 5.48. The van der Waals surface area contributed by atoms with Crippen molar-refractivity contribution in [3.63, 3.8) is 0 Å². The molecule has 23 heavy (non-hydrogen) atoms. The molecular formula is C21H28N2. The molecule has 0 aliphatic heterocycles. The van der Waals surface area contributed by atoms with Crippen molar-refractivity contribution in [1.29, 1.82) is 0 Å². The molecule has 0 unspecified atom stereocenters. The first-order valence-corrected chi connectivity index (χ1v) is 9.05. The number of nitrogens with one attached hydrogen (secondary N) is 1. The van der Waals surface area contributed by atoms with Crippen molar-refractivity contribution in [2.75, 3.05) is 6.54 Å². The van der Waals surface area contributed by atoms with Gasteiger partial charge in [-0.3, -0.25) is 0 Å². The van der Waals surface area contributed by atoms with Gasteiger partial charge in [0.15, 0.2) is 0 Å². The van der Waals surface area contributed by atoms with Gasteiger partial charge in [-0.05, 0) is 43.7 Å². The second kappa shape index (κ2) is 7.65. The third-order valence-electron chi connectivity index (χ3n) is 4.69. The molecule has 0 radical (unpaired) electrons. The van der Waals surface area contributed by atoms with Crippen molar-refractivity contribution in [2.45, 2.75) is 52.6 Å². The molecule has 1 N–H and O–H groups in total. The Labute approximate surface area is 139 Å². The van der Waals surface area contributed by atoms with Gasteiger partial charge in [0, 0.05) is 34.9 Å². The highest BCUT2D eigenvalue weighted by molar-refractivity contribution is 6.08. The van der Waals surface area contributed by atoms with Crippen LogP contribution in [0.1, 0.15) is 45.1 Å². The van der Waals surface area contributed by atoms with Crippen LogP contribution in [-0.2, 0) is 13.1 Å². The third-order valence-corrected chi connectivity index (χ3v) is 4.69. The minimum absolute atomic E-state index is 0.966. The van der Waals surface area contributed by atoms with Crippen LogP contribution in [-0.4, -0.2) is 11.1 Å². The maximum Gasteiger partial charge on any atom is 0.0491 e. The van der Waals surface area contributed by atoms with E-state index >= 15 is 0 Å². The van der Waals surface area contributed by atoms with E-state index in [1.165, 1.54) is 53.1 Å². The molecule has 2 nitrogen and oxygen atoms in total. The molecule has 0 fully saturated rings. The van der Waals surface area contributed by atoms with E-state index in [0.717, 1.165) is 19.6 Å². The summed E-state index contributed by atoms with van der Waals surface area (Å²) in [6.45, 7) is 7.58. The van der Waals surface area contributed by atoms with Crippen LogP contribution in [0.25, 0.3) is 21.8 Å². The van der Waals surface area contributed by atoms with Crippen LogP contribution in [0, 0.1) is 0 Å². The zero-order valence-electron chi connectivity index (χ0n) is 14.4. The Hall–Kier alpha value is -1.80. The summed E-state index contributed by atoms with van der Waals surface area (Å²) in [5, 5.41) is 6.34. The lowest BCUT2D eigenvalue weighted by molar-refractivity contribution is 0.598. The summed E-state index contributed by atoms with van der Waals surface area (Å²) in [6.07, 6.45) is 5.28. The van der Waals surface area contributed by atoms with Crippen LogP contribution >= 0.6 is 0 Å². The normalized spacial score (nSPS) is 11.6. The number of nitrogens with zero attached hydrogens (tertiary/aromatic N) is 1. The molecule has 0 bridgehead atoms. The standard InChI is InChI=1S/C21H28N2/c1-3-5-6-9-14-22-16-17-12-13-21-19(15-17)18-10-7-8-11-20(18)23(21)4-2/h7-8,10-13,15,22H,3-6,9,14,16H2,1-2H3. The van der Waals surface area contributed by atoms with Gasteiger partial charge in [0.25, 0.3) is 0 Å². The number of hydrogen-bond donors (Lipinski definition) is 1. The van der Waals surface area contributed by atoms with Crippen molar-refractivity contribution >= 4 is 21.8 Å². The quantitative estimate of drug-likeness (QED) is 0.545. The van der Waals surface area contributed by atoms with Crippen molar-refractivity contribution < 1.29 is 0 Å². The van der Waals surface area contributed by atoms with Gasteiger partial charge in [-0.25, -0.2) is 0 Å². The van der Waals surface area contributed by atoms with E-state index in [1.807, 2.05) is 0 Å². The maximum atomic E-state index is 3.59. The zero-order chi connectivity index (χ0) is 16.1. The van der Waals surface area contributed by atoms with Gasteiger partial charge in [-0.15, -0.1) is 0 Å². The molecule has 0 spiro atoms. The predicted molar refractivity (Wildman–Crippen MR) is 101 cm³/mol. The molecule has 122 valence electrons. The minimum Gasteiger partial charge on any atom is -0.341 e. The number of fused-ring (bicyclic) bond motifs is 3. The van der Waals surface area contributed by atoms with Gasteiger partial charge in [-0.1, -0.05) is 50.5 Å². The molecule has 1 heterocycles. The first-order chi connectivity index (χ1) is 11.3. The number of hydrogen-bond acceptors (Lipinski definition) is 1. The third kappa shape index (κ3) is 3.42. The number of benzene rings is 2. The fraction of sp³-hybridized carbons (Fsp3) is 0.429. The Bertz CT molecular complexity index is 770. The molecule has 0 amide bonds. The highest BCUT2D eigenvalue weighted by Gasteiger charge is 2.09. The molecule has 0 aliphatic carbocycles. The van der Waals surface area contributed by atoms with Crippen molar-refractivity contribution in [1.82, 2.24) is 9.88 Å². The van der Waals surface area contributed by atoms with Crippen LogP contribution in [0.5, 0.6) is 0 Å². The summed E-state index contributed by atoms with van der Waals surface area (Å²) in [6, 6.07) is 15.7. The van der Waals surface area contributed by atoms with Gasteiger partial charge in [0.2, 0.25) is 0 Å². The van der Waals surface area contributed by atoms with Crippen LogP contribution in [0.2, 0.25) is 0 Å². The van der Waals surface area contributed by atoms with Gasteiger partial charge < -0.3 is 9.88 Å². The van der Waals surface area contributed by atoms with Crippen LogP contribution in [0.15, 0.2) is 42.5 Å². The fourth-order valence-electron chi connectivity index (χ4n) is 3.46. The Morgan fingerprint density at radius 1 is 0.870 bits per heavy atom. The molecule has 2 heteroatoms. The molecule has 3 aromatic rings. The van der Waals surface area contributed by atoms with Crippen LogP contribution in [0.4, 0.5) is 0 Å². The first kappa shape index (κ1) is 16.1. The summed E-state index contributed by atoms with van der Waals surface area (Å²) < 4.78 is 2.41. The largest absolute Gasteiger partial charge is 0.341 e. The van der Waals surface area contributed by atoms with Crippen molar-refractivity contribution in [3.05, 3.63) is 48.0 Å². The number of rotatable bonds is 8. The number of aromatic nitrogens is 1. The molecule has 2 aromatic carbocycles. The van der Waals surface area contributed by atoms with E-state index in [0.29, 0.717) is 0 Å². The SMILES string of the molecule is CCCCCCNCc1ccc2c(c1)c1ccccc1n2CC. The Morgan fingerprint density at radius 2 is 1.70 bits per heavy atom. The summed E-state index contributed by atoms with van der Waals surface area (Å²) in [4.78, 5) is 0. The van der Waals surface area contributed by atoms with Crippen LogP contribution in [0.3, 0.4) is 0 Å². The fourth-order valence-corrected chi connectivity index (χ4v) is 3.46. The second-order valence-electron chi connectivity index (χ2n) is 6.35. The van der Waals surface area contributed by atoms with E-state index in [1.54, 1.807) is 0 Å². The summed E-state index contributed by atoms with van der Waals surface area (Å²) in [5.74, 6) is 0. The maximum absolute atomic E-state index is 3.59. The van der Waals surface area contributed by atoms with E-state index in [2.05, 4.69) is 66.2 Å². The molecule has 0 aliphatic rings. The van der Waals surface area contributed by atoms with Crippen LogP contribution < -0.4 is 5.32 Å². The van der Waals surface area contributed by atoms with Crippen molar-refractivity contribution in [3.8, 4) is 0 Å². The zero-order valence-corrected chi connectivity index (χ0v) is 14.4. The van der Waals surface area contributed by atoms with Gasteiger partial charge in [-0.2, -0.15) is 0 Å². The Kier molecular flexibility index (Phi) is 5.35. The average Bonchev–Trinajstić information content (AvgIpc) is 2.91. The number of para-hydroxylation sites is 1. The molecule has 0 saturated carbocycles. The Morgan fingerprint density at radius 3 is 2.52 bits per heavy atom. The monoisotopic (exact) mass is 308 g/mol. The van der Waals surface area contributed by atoms with E-state index < -0.39 is 0 Å².